The first-order chi connectivity index (χ1) is 9.61. The van der Waals surface area contributed by atoms with E-state index in [0.717, 1.165) is 11.3 Å². The lowest BCUT2D eigenvalue weighted by Crippen LogP contribution is -2.27. The van der Waals surface area contributed by atoms with Gasteiger partial charge in [0.25, 0.3) is 0 Å². The number of nitrogens with zero attached hydrogens (tertiary/aromatic N) is 1. The maximum Gasteiger partial charge on any atom is 0.128 e. The highest BCUT2D eigenvalue weighted by Crippen LogP contribution is 2.27. The molecule has 0 aromatic heterocycles. The van der Waals surface area contributed by atoms with Crippen molar-refractivity contribution in [3.05, 3.63) is 59.4 Å². The van der Waals surface area contributed by atoms with Crippen LogP contribution in [0.2, 0.25) is 0 Å². The summed E-state index contributed by atoms with van der Waals surface area (Å²) in [5.74, 6) is -0.310. The van der Waals surface area contributed by atoms with Crippen LogP contribution in [-0.4, -0.2) is 18.3 Å². The molecule has 0 aliphatic heterocycles. The van der Waals surface area contributed by atoms with Gasteiger partial charge >= 0.3 is 0 Å². The van der Waals surface area contributed by atoms with Gasteiger partial charge < -0.3 is 15.7 Å². The van der Waals surface area contributed by atoms with Crippen LogP contribution in [0.4, 0.5) is 15.8 Å². The molecule has 0 unspecified atom stereocenters. The molecule has 0 heterocycles. The normalized spacial score (nSPS) is 10.6. The van der Waals surface area contributed by atoms with Crippen molar-refractivity contribution in [1.82, 2.24) is 0 Å². The summed E-state index contributed by atoms with van der Waals surface area (Å²) in [6, 6.07) is 13.0. The number of aliphatic hydroxyl groups is 1. The van der Waals surface area contributed by atoms with Crippen molar-refractivity contribution in [2.45, 2.75) is 13.5 Å². The van der Waals surface area contributed by atoms with E-state index in [1.165, 1.54) is 6.07 Å². The van der Waals surface area contributed by atoms with E-state index in [1.807, 2.05) is 35.2 Å². The van der Waals surface area contributed by atoms with Crippen LogP contribution in [0, 0.1) is 12.7 Å². The van der Waals surface area contributed by atoms with Crippen LogP contribution < -0.4 is 10.6 Å². The first-order valence-corrected chi connectivity index (χ1v) is 6.57. The summed E-state index contributed by atoms with van der Waals surface area (Å²) in [5, 5.41) is 9.23. The Morgan fingerprint density at radius 1 is 1.20 bits per heavy atom. The fraction of sp³-hybridized carbons (Fsp3) is 0.250. The molecule has 2 rings (SSSR count). The van der Waals surface area contributed by atoms with Crippen LogP contribution in [0.25, 0.3) is 0 Å². The molecule has 0 fully saturated rings. The van der Waals surface area contributed by atoms with Crippen molar-refractivity contribution < 1.29 is 9.50 Å². The van der Waals surface area contributed by atoms with Crippen molar-refractivity contribution in [3.8, 4) is 0 Å². The number of aryl methyl sites for hydroxylation is 1. The van der Waals surface area contributed by atoms with Gasteiger partial charge in [-0.05, 0) is 30.2 Å². The second-order valence-electron chi connectivity index (χ2n) is 4.79. The number of aliphatic hydroxyl groups excluding tert-OH is 1. The number of hydrogen-bond donors (Lipinski definition) is 2. The molecule has 0 bridgehead atoms. The molecule has 0 aliphatic rings. The van der Waals surface area contributed by atoms with E-state index in [0.29, 0.717) is 24.3 Å². The van der Waals surface area contributed by atoms with Crippen LogP contribution in [-0.2, 0) is 6.54 Å². The number of halogens is 1. The molecule has 20 heavy (non-hydrogen) atoms. The van der Waals surface area contributed by atoms with E-state index in [1.54, 1.807) is 13.0 Å². The van der Waals surface area contributed by atoms with Gasteiger partial charge in [-0.15, -0.1) is 0 Å². The van der Waals surface area contributed by atoms with E-state index in [4.69, 9.17) is 5.73 Å². The lowest BCUT2D eigenvalue weighted by molar-refractivity contribution is 0.301. The van der Waals surface area contributed by atoms with Crippen LogP contribution in [0.15, 0.2) is 42.5 Å². The molecule has 3 N–H and O–H groups in total. The third-order valence-electron chi connectivity index (χ3n) is 3.23. The molecule has 0 saturated carbocycles. The van der Waals surface area contributed by atoms with Crippen LogP contribution >= 0.6 is 0 Å². The summed E-state index contributed by atoms with van der Waals surface area (Å²) in [7, 11) is 0. The number of rotatable bonds is 5. The van der Waals surface area contributed by atoms with Gasteiger partial charge in [0, 0.05) is 13.1 Å². The zero-order valence-corrected chi connectivity index (χ0v) is 11.5. The first kappa shape index (κ1) is 14.3. The summed E-state index contributed by atoms with van der Waals surface area (Å²) >= 11 is 0. The third-order valence-corrected chi connectivity index (χ3v) is 3.23. The topological polar surface area (TPSA) is 49.5 Å². The first-order valence-electron chi connectivity index (χ1n) is 6.57. The van der Waals surface area contributed by atoms with Crippen LogP contribution in [0.5, 0.6) is 0 Å². The molecule has 0 radical (unpaired) electrons. The molecule has 2 aromatic carbocycles. The largest absolute Gasteiger partial charge is 0.397 e. The highest BCUT2D eigenvalue weighted by molar-refractivity contribution is 5.68. The lowest BCUT2D eigenvalue weighted by Gasteiger charge is -2.26. The van der Waals surface area contributed by atoms with Gasteiger partial charge in [0.2, 0.25) is 0 Å². The van der Waals surface area contributed by atoms with Crippen molar-refractivity contribution in [3.63, 3.8) is 0 Å². The van der Waals surface area contributed by atoms with Gasteiger partial charge in [0.15, 0.2) is 0 Å². The molecule has 3 nitrogen and oxygen atoms in total. The van der Waals surface area contributed by atoms with Crippen LogP contribution in [0.3, 0.4) is 0 Å². The SMILES string of the molecule is Cc1cc(N(CCO)Cc2ccccc2)c(N)cc1F. The van der Waals surface area contributed by atoms with E-state index in [-0.39, 0.29) is 12.4 Å². The fourth-order valence-corrected chi connectivity index (χ4v) is 2.16. The molecule has 0 amide bonds. The second-order valence-corrected chi connectivity index (χ2v) is 4.79. The highest BCUT2D eigenvalue weighted by atomic mass is 19.1. The molecular weight excluding hydrogens is 255 g/mol. The summed E-state index contributed by atoms with van der Waals surface area (Å²) in [6.07, 6.45) is 0. The minimum Gasteiger partial charge on any atom is -0.397 e. The number of benzene rings is 2. The Morgan fingerprint density at radius 2 is 1.90 bits per heavy atom. The average Bonchev–Trinajstić information content (AvgIpc) is 2.44. The van der Waals surface area contributed by atoms with E-state index < -0.39 is 0 Å². The van der Waals surface area contributed by atoms with Gasteiger partial charge in [-0.2, -0.15) is 0 Å². The monoisotopic (exact) mass is 274 g/mol. The standard InChI is InChI=1S/C16H19FN2O/c1-12-9-16(15(18)10-14(12)17)19(7-8-20)11-13-5-3-2-4-6-13/h2-6,9-10,20H,7-8,11,18H2,1H3. The molecule has 0 aliphatic carbocycles. The van der Waals surface area contributed by atoms with Crippen molar-refractivity contribution in [1.29, 1.82) is 0 Å². The highest BCUT2D eigenvalue weighted by Gasteiger charge is 2.12. The average molecular weight is 274 g/mol. The molecule has 0 saturated heterocycles. The number of nitrogens with two attached hydrogens (primary N) is 1. The minimum absolute atomic E-state index is 0.0166. The Morgan fingerprint density at radius 3 is 2.55 bits per heavy atom. The van der Waals surface area contributed by atoms with Gasteiger partial charge in [-0.25, -0.2) is 4.39 Å². The van der Waals surface area contributed by atoms with Gasteiger partial charge in [-0.1, -0.05) is 30.3 Å². The van der Waals surface area contributed by atoms with Gasteiger partial charge in [0.1, 0.15) is 5.82 Å². The summed E-state index contributed by atoms with van der Waals surface area (Å²) in [5.41, 5.74) is 8.71. The quantitative estimate of drug-likeness (QED) is 0.824. The van der Waals surface area contributed by atoms with Crippen molar-refractivity contribution >= 4 is 11.4 Å². The summed E-state index contributed by atoms with van der Waals surface area (Å²) in [6.45, 7) is 2.79. The number of anilines is 2. The summed E-state index contributed by atoms with van der Waals surface area (Å²) in [4.78, 5) is 1.96. The van der Waals surface area contributed by atoms with Gasteiger partial charge in [-0.3, -0.25) is 0 Å². The smallest absolute Gasteiger partial charge is 0.128 e. The Labute approximate surface area is 118 Å². The van der Waals surface area contributed by atoms with Crippen LogP contribution in [0.1, 0.15) is 11.1 Å². The molecule has 2 aromatic rings. The maximum absolute atomic E-state index is 13.5. The van der Waals surface area contributed by atoms with Crippen molar-refractivity contribution in [2.24, 2.45) is 0 Å². The van der Waals surface area contributed by atoms with E-state index in [2.05, 4.69) is 0 Å². The Hall–Kier alpha value is -2.07. The molecule has 4 heteroatoms. The Balaban J connectivity index is 2.31. The lowest BCUT2D eigenvalue weighted by atomic mass is 10.1. The zero-order chi connectivity index (χ0) is 14.5. The predicted octanol–water partition coefficient (Wildman–Crippen LogP) is 2.72. The molecule has 106 valence electrons. The predicted molar refractivity (Wildman–Crippen MR) is 80.1 cm³/mol. The number of hydrogen-bond acceptors (Lipinski definition) is 3. The molecular formula is C16H19FN2O. The minimum atomic E-state index is -0.310. The Bertz CT molecular complexity index is 572. The zero-order valence-electron chi connectivity index (χ0n) is 11.5. The van der Waals surface area contributed by atoms with Crippen molar-refractivity contribution in [2.75, 3.05) is 23.8 Å². The second kappa shape index (κ2) is 6.39. The fourth-order valence-electron chi connectivity index (χ4n) is 2.16. The molecule has 0 spiro atoms. The van der Waals surface area contributed by atoms with E-state index >= 15 is 0 Å². The van der Waals surface area contributed by atoms with Gasteiger partial charge in [0.05, 0.1) is 18.0 Å². The summed E-state index contributed by atoms with van der Waals surface area (Å²) < 4.78 is 13.5. The maximum atomic E-state index is 13.5. The molecule has 0 atom stereocenters. The number of nitrogen functional groups attached to an aromatic ring is 1. The van der Waals surface area contributed by atoms with E-state index in [9.17, 15) is 9.50 Å². The third kappa shape index (κ3) is 3.27. The Kier molecular flexibility index (Phi) is 4.58.